The van der Waals surface area contributed by atoms with Crippen LogP contribution in [0.3, 0.4) is 0 Å². The average molecular weight is 370 g/mol. The van der Waals surface area contributed by atoms with Gasteiger partial charge in [-0.3, -0.25) is 0 Å². The van der Waals surface area contributed by atoms with E-state index in [9.17, 15) is 0 Å². The fraction of sp³-hybridized carbons (Fsp3) is 0.214. The molecule has 2 nitrogen and oxygen atoms in total. The molecule has 94 valence electrons. The number of pyridine rings is 1. The SMILES string of the molecule is CCC(Nc1ncc(Br)cc1Br)c1ccccc1. The number of aromatic nitrogens is 1. The van der Waals surface area contributed by atoms with Crippen LogP contribution in [-0.4, -0.2) is 4.98 Å². The van der Waals surface area contributed by atoms with Gasteiger partial charge in [-0.2, -0.15) is 0 Å². The maximum absolute atomic E-state index is 4.39. The van der Waals surface area contributed by atoms with Gasteiger partial charge in [-0.1, -0.05) is 37.3 Å². The van der Waals surface area contributed by atoms with Gasteiger partial charge in [0.05, 0.1) is 10.5 Å². The van der Waals surface area contributed by atoms with Crippen molar-refractivity contribution in [2.24, 2.45) is 0 Å². The minimum Gasteiger partial charge on any atom is -0.362 e. The lowest BCUT2D eigenvalue weighted by Crippen LogP contribution is -2.11. The average Bonchev–Trinajstić information content (AvgIpc) is 2.39. The highest BCUT2D eigenvalue weighted by atomic mass is 79.9. The first-order chi connectivity index (χ1) is 8.70. The third kappa shape index (κ3) is 3.33. The van der Waals surface area contributed by atoms with E-state index in [1.54, 1.807) is 6.20 Å². The van der Waals surface area contributed by atoms with Crippen LogP contribution in [0, 0.1) is 0 Å². The van der Waals surface area contributed by atoms with Crippen LogP contribution in [0.2, 0.25) is 0 Å². The van der Waals surface area contributed by atoms with Gasteiger partial charge in [0.15, 0.2) is 0 Å². The molecule has 0 saturated heterocycles. The van der Waals surface area contributed by atoms with Crippen molar-refractivity contribution < 1.29 is 0 Å². The van der Waals surface area contributed by atoms with Crippen molar-refractivity contribution in [1.82, 2.24) is 4.98 Å². The van der Waals surface area contributed by atoms with Crippen molar-refractivity contribution >= 4 is 37.7 Å². The van der Waals surface area contributed by atoms with Gasteiger partial charge in [-0.05, 0) is 49.9 Å². The van der Waals surface area contributed by atoms with E-state index in [-0.39, 0.29) is 6.04 Å². The smallest absolute Gasteiger partial charge is 0.140 e. The van der Waals surface area contributed by atoms with Gasteiger partial charge in [0.25, 0.3) is 0 Å². The molecular formula is C14H14Br2N2. The molecule has 18 heavy (non-hydrogen) atoms. The maximum atomic E-state index is 4.39. The molecule has 0 spiro atoms. The van der Waals surface area contributed by atoms with E-state index in [0.29, 0.717) is 0 Å². The number of nitrogens with one attached hydrogen (secondary N) is 1. The monoisotopic (exact) mass is 368 g/mol. The summed E-state index contributed by atoms with van der Waals surface area (Å²) in [5, 5.41) is 3.46. The third-order valence-corrected chi connectivity index (χ3v) is 3.77. The summed E-state index contributed by atoms with van der Waals surface area (Å²) >= 11 is 6.93. The van der Waals surface area contributed by atoms with Crippen molar-refractivity contribution in [3.05, 3.63) is 57.1 Å². The first-order valence-corrected chi connectivity index (χ1v) is 7.42. The number of hydrogen-bond acceptors (Lipinski definition) is 2. The van der Waals surface area contributed by atoms with E-state index in [1.807, 2.05) is 12.1 Å². The Morgan fingerprint density at radius 1 is 1.22 bits per heavy atom. The summed E-state index contributed by atoms with van der Waals surface area (Å²) < 4.78 is 1.93. The fourth-order valence-electron chi connectivity index (χ4n) is 1.79. The zero-order chi connectivity index (χ0) is 13.0. The number of rotatable bonds is 4. The summed E-state index contributed by atoms with van der Waals surface area (Å²) in [6, 6.07) is 12.7. The molecule has 2 rings (SSSR count). The highest BCUT2D eigenvalue weighted by Crippen LogP contribution is 2.28. The van der Waals surface area contributed by atoms with E-state index < -0.39 is 0 Å². The molecule has 0 radical (unpaired) electrons. The Labute approximate surface area is 124 Å². The molecule has 1 N–H and O–H groups in total. The summed E-state index contributed by atoms with van der Waals surface area (Å²) in [5.41, 5.74) is 1.27. The van der Waals surface area contributed by atoms with Crippen LogP contribution in [0.15, 0.2) is 51.5 Å². The first kappa shape index (κ1) is 13.6. The second-order valence-corrected chi connectivity index (χ2v) is 5.77. The van der Waals surface area contributed by atoms with Gasteiger partial charge in [0, 0.05) is 10.7 Å². The van der Waals surface area contributed by atoms with Crippen LogP contribution >= 0.6 is 31.9 Å². The van der Waals surface area contributed by atoms with Crippen molar-refractivity contribution in [1.29, 1.82) is 0 Å². The molecule has 1 aromatic carbocycles. The largest absolute Gasteiger partial charge is 0.362 e. The highest BCUT2D eigenvalue weighted by Gasteiger charge is 2.11. The minimum absolute atomic E-state index is 0.274. The first-order valence-electron chi connectivity index (χ1n) is 5.83. The second-order valence-electron chi connectivity index (χ2n) is 4.00. The van der Waals surface area contributed by atoms with Gasteiger partial charge in [-0.15, -0.1) is 0 Å². The molecule has 4 heteroatoms. The molecular weight excluding hydrogens is 356 g/mol. The molecule has 0 aliphatic heterocycles. The number of benzene rings is 1. The quantitative estimate of drug-likeness (QED) is 0.803. The third-order valence-electron chi connectivity index (χ3n) is 2.73. The van der Waals surface area contributed by atoms with Gasteiger partial charge in [0.1, 0.15) is 5.82 Å². The van der Waals surface area contributed by atoms with E-state index in [0.717, 1.165) is 21.2 Å². The van der Waals surface area contributed by atoms with Crippen LogP contribution in [0.25, 0.3) is 0 Å². The molecule has 2 aromatic rings. The van der Waals surface area contributed by atoms with Crippen LogP contribution < -0.4 is 5.32 Å². The van der Waals surface area contributed by atoms with Gasteiger partial charge in [0.2, 0.25) is 0 Å². The Morgan fingerprint density at radius 2 is 1.94 bits per heavy atom. The van der Waals surface area contributed by atoms with E-state index in [4.69, 9.17) is 0 Å². The van der Waals surface area contributed by atoms with Crippen molar-refractivity contribution in [2.75, 3.05) is 5.32 Å². The second kappa shape index (κ2) is 6.34. The lowest BCUT2D eigenvalue weighted by molar-refractivity contribution is 0.744. The predicted molar refractivity (Wildman–Crippen MR) is 82.7 cm³/mol. The van der Waals surface area contributed by atoms with Crippen LogP contribution in [0.4, 0.5) is 5.82 Å². The molecule has 0 amide bonds. The molecule has 0 aliphatic rings. The Balaban J connectivity index is 2.21. The van der Waals surface area contributed by atoms with Crippen LogP contribution in [0.5, 0.6) is 0 Å². The standard InChI is InChI=1S/C14H14Br2N2/c1-2-13(10-6-4-3-5-7-10)18-14-12(16)8-11(15)9-17-14/h3-9,13H,2H2,1H3,(H,17,18). The van der Waals surface area contributed by atoms with Crippen molar-refractivity contribution in [3.63, 3.8) is 0 Å². The zero-order valence-corrected chi connectivity index (χ0v) is 13.2. The molecule has 1 heterocycles. The van der Waals surface area contributed by atoms with Gasteiger partial charge < -0.3 is 5.32 Å². The van der Waals surface area contributed by atoms with Crippen molar-refractivity contribution in [3.8, 4) is 0 Å². The van der Waals surface area contributed by atoms with E-state index in [2.05, 4.69) is 73.3 Å². The molecule has 0 saturated carbocycles. The lowest BCUT2D eigenvalue weighted by atomic mass is 10.0. The number of nitrogens with zero attached hydrogens (tertiary/aromatic N) is 1. The number of halogens is 2. The Hall–Kier alpha value is -0.870. The Bertz CT molecular complexity index is 514. The number of anilines is 1. The fourth-order valence-corrected chi connectivity index (χ4v) is 2.89. The number of hydrogen-bond donors (Lipinski definition) is 1. The van der Waals surface area contributed by atoms with Crippen LogP contribution in [0.1, 0.15) is 24.9 Å². The van der Waals surface area contributed by atoms with E-state index >= 15 is 0 Å². The molecule has 1 aromatic heterocycles. The summed E-state index contributed by atoms with van der Waals surface area (Å²) in [4.78, 5) is 4.39. The maximum Gasteiger partial charge on any atom is 0.140 e. The molecule has 0 fully saturated rings. The molecule has 0 aliphatic carbocycles. The summed E-state index contributed by atoms with van der Waals surface area (Å²) in [7, 11) is 0. The van der Waals surface area contributed by atoms with Crippen molar-refractivity contribution in [2.45, 2.75) is 19.4 Å². The molecule has 0 bridgehead atoms. The summed E-state index contributed by atoms with van der Waals surface area (Å²) in [6.45, 7) is 2.16. The Kier molecular flexibility index (Phi) is 4.78. The summed E-state index contributed by atoms with van der Waals surface area (Å²) in [5.74, 6) is 0.869. The Morgan fingerprint density at radius 3 is 2.56 bits per heavy atom. The van der Waals surface area contributed by atoms with Gasteiger partial charge in [-0.25, -0.2) is 4.98 Å². The highest BCUT2D eigenvalue weighted by molar-refractivity contribution is 9.11. The lowest BCUT2D eigenvalue weighted by Gasteiger charge is -2.18. The van der Waals surface area contributed by atoms with Crippen LogP contribution in [-0.2, 0) is 0 Å². The normalized spacial score (nSPS) is 12.2. The minimum atomic E-state index is 0.274. The molecule has 1 unspecified atom stereocenters. The summed E-state index contributed by atoms with van der Waals surface area (Å²) in [6.07, 6.45) is 2.80. The predicted octanol–water partition coefficient (Wildman–Crippen LogP) is 5.17. The van der Waals surface area contributed by atoms with Gasteiger partial charge >= 0.3 is 0 Å². The zero-order valence-electron chi connectivity index (χ0n) is 10.0. The molecule has 1 atom stereocenters. The van der Waals surface area contributed by atoms with E-state index in [1.165, 1.54) is 5.56 Å². The topological polar surface area (TPSA) is 24.9 Å².